The SMILES string of the molecule is CCN(CC)C(=O)CCC(=O)NCCCN1CCNCC1. The molecule has 0 aromatic carbocycles. The van der Waals surface area contributed by atoms with Gasteiger partial charge in [-0.1, -0.05) is 0 Å². The molecule has 0 aromatic heterocycles. The van der Waals surface area contributed by atoms with Crippen LogP contribution in [0.25, 0.3) is 0 Å². The summed E-state index contributed by atoms with van der Waals surface area (Å²) in [6, 6.07) is 0. The summed E-state index contributed by atoms with van der Waals surface area (Å²) in [6.07, 6.45) is 1.57. The van der Waals surface area contributed by atoms with Gasteiger partial charge in [0.05, 0.1) is 0 Å². The van der Waals surface area contributed by atoms with E-state index in [-0.39, 0.29) is 11.8 Å². The molecule has 6 nitrogen and oxygen atoms in total. The molecule has 1 saturated heterocycles. The predicted molar refractivity (Wildman–Crippen MR) is 84.1 cm³/mol. The fraction of sp³-hybridized carbons (Fsp3) is 0.867. The second kappa shape index (κ2) is 10.6. The number of hydrogen-bond donors (Lipinski definition) is 2. The van der Waals surface area contributed by atoms with E-state index in [1.54, 1.807) is 4.90 Å². The molecule has 1 heterocycles. The van der Waals surface area contributed by atoms with Crippen LogP contribution < -0.4 is 10.6 Å². The van der Waals surface area contributed by atoms with E-state index < -0.39 is 0 Å². The van der Waals surface area contributed by atoms with Crippen LogP contribution in [-0.2, 0) is 9.59 Å². The van der Waals surface area contributed by atoms with Gasteiger partial charge in [0, 0.05) is 58.7 Å². The molecule has 0 saturated carbocycles. The molecular weight excluding hydrogens is 268 g/mol. The quantitative estimate of drug-likeness (QED) is 0.590. The van der Waals surface area contributed by atoms with Crippen LogP contribution in [0.4, 0.5) is 0 Å². The van der Waals surface area contributed by atoms with Crippen molar-refractivity contribution in [3.8, 4) is 0 Å². The Morgan fingerprint density at radius 2 is 1.81 bits per heavy atom. The van der Waals surface area contributed by atoms with Crippen molar-refractivity contribution in [1.82, 2.24) is 20.4 Å². The van der Waals surface area contributed by atoms with E-state index in [2.05, 4.69) is 15.5 Å². The topological polar surface area (TPSA) is 64.7 Å². The Balaban J connectivity index is 2.04. The summed E-state index contributed by atoms with van der Waals surface area (Å²) < 4.78 is 0. The summed E-state index contributed by atoms with van der Waals surface area (Å²) in [6.45, 7) is 11.3. The minimum absolute atomic E-state index is 0.0178. The van der Waals surface area contributed by atoms with Crippen molar-refractivity contribution in [2.75, 3.05) is 52.4 Å². The van der Waals surface area contributed by atoms with Crippen LogP contribution in [0.2, 0.25) is 0 Å². The smallest absolute Gasteiger partial charge is 0.223 e. The molecular formula is C15H30N4O2. The van der Waals surface area contributed by atoms with Gasteiger partial charge in [-0.2, -0.15) is 0 Å². The van der Waals surface area contributed by atoms with Crippen LogP contribution in [0.15, 0.2) is 0 Å². The number of nitrogens with zero attached hydrogens (tertiary/aromatic N) is 2. The van der Waals surface area contributed by atoms with E-state index in [9.17, 15) is 9.59 Å². The zero-order chi connectivity index (χ0) is 15.5. The third-order valence-electron chi connectivity index (χ3n) is 3.86. The molecule has 0 bridgehead atoms. The lowest BCUT2D eigenvalue weighted by molar-refractivity contribution is -0.133. The highest BCUT2D eigenvalue weighted by molar-refractivity contribution is 5.83. The number of nitrogens with one attached hydrogen (secondary N) is 2. The van der Waals surface area contributed by atoms with E-state index in [0.29, 0.717) is 32.5 Å². The first-order valence-electron chi connectivity index (χ1n) is 8.14. The fourth-order valence-corrected chi connectivity index (χ4v) is 2.51. The number of carbonyl (C=O) groups excluding carboxylic acids is 2. The predicted octanol–water partition coefficient (Wildman–Crippen LogP) is 0.0465. The van der Waals surface area contributed by atoms with Crippen molar-refractivity contribution >= 4 is 11.8 Å². The van der Waals surface area contributed by atoms with Crippen molar-refractivity contribution in [2.45, 2.75) is 33.1 Å². The molecule has 1 fully saturated rings. The van der Waals surface area contributed by atoms with Crippen molar-refractivity contribution in [3.63, 3.8) is 0 Å². The van der Waals surface area contributed by atoms with Gasteiger partial charge >= 0.3 is 0 Å². The summed E-state index contributed by atoms with van der Waals surface area (Å²) in [4.78, 5) is 27.6. The van der Waals surface area contributed by atoms with E-state index in [1.807, 2.05) is 13.8 Å². The summed E-state index contributed by atoms with van der Waals surface area (Å²) in [5.41, 5.74) is 0. The minimum atomic E-state index is -0.0178. The molecule has 0 radical (unpaired) electrons. The number of hydrogen-bond acceptors (Lipinski definition) is 4. The van der Waals surface area contributed by atoms with Gasteiger partial charge in [-0.25, -0.2) is 0 Å². The fourth-order valence-electron chi connectivity index (χ4n) is 2.51. The zero-order valence-corrected chi connectivity index (χ0v) is 13.5. The average Bonchev–Trinajstić information content (AvgIpc) is 2.52. The van der Waals surface area contributed by atoms with Crippen LogP contribution in [0, 0.1) is 0 Å². The molecule has 1 aliphatic heterocycles. The summed E-state index contributed by atoms with van der Waals surface area (Å²) >= 11 is 0. The maximum absolute atomic E-state index is 11.8. The van der Waals surface area contributed by atoms with Crippen LogP contribution >= 0.6 is 0 Å². The molecule has 0 aromatic rings. The van der Waals surface area contributed by atoms with Gasteiger partial charge in [-0.3, -0.25) is 9.59 Å². The lowest BCUT2D eigenvalue weighted by atomic mass is 10.2. The highest BCUT2D eigenvalue weighted by atomic mass is 16.2. The first-order valence-corrected chi connectivity index (χ1v) is 8.14. The van der Waals surface area contributed by atoms with Crippen molar-refractivity contribution < 1.29 is 9.59 Å². The van der Waals surface area contributed by atoms with Gasteiger partial charge in [-0.05, 0) is 26.8 Å². The monoisotopic (exact) mass is 298 g/mol. The lowest BCUT2D eigenvalue weighted by Gasteiger charge is -2.27. The van der Waals surface area contributed by atoms with Crippen LogP contribution in [0.1, 0.15) is 33.1 Å². The Morgan fingerprint density at radius 3 is 2.43 bits per heavy atom. The van der Waals surface area contributed by atoms with Crippen LogP contribution in [-0.4, -0.2) is 74.0 Å². The minimum Gasteiger partial charge on any atom is -0.356 e. The standard InChI is InChI=1S/C15H30N4O2/c1-3-19(4-2)15(21)7-6-14(20)17-8-5-11-18-12-9-16-10-13-18/h16H,3-13H2,1-2H3,(H,17,20). The van der Waals surface area contributed by atoms with Gasteiger partial charge < -0.3 is 20.4 Å². The van der Waals surface area contributed by atoms with Gasteiger partial charge in [-0.15, -0.1) is 0 Å². The van der Waals surface area contributed by atoms with Gasteiger partial charge in [0.1, 0.15) is 0 Å². The van der Waals surface area contributed by atoms with Crippen LogP contribution in [0.5, 0.6) is 0 Å². The van der Waals surface area contributed by atoms with E-state index >= 15 is 0 Å². The van der Waals surface area contributed by atoms with Crippen molar-refractivity contribution in [3.05, 3.63) is 0 Å². The molecule has 2 amide bonds. The molecule has 0 spiro atoms. The third-order valence-corrected chi connectivity index (χ3v) is 3.86. The van der Waals surface area contributed by atoms with Gasteiger partial charge in [0.25, 0.3) is 0 Å². The number of piperazine rings is 1. The highest BCUT2D eigenvalue weighted by Gasteiger charge is 2.12. The highest BCUT2D eigenvalue weighted by Crippen LogP contribution is 1.98. The normalized spacial score (nSPS) is 15.7. The lowest BCUT2D eigenvalue weighted by Crippen LogP contribution is -2.44. The van der Waals surface area contributed by atoms with E-state index in [1.165, 1.54) is 0 Å². The summed E-state index contributed by atoms with van der Waals surface area (Å²) in [5.74, 6) is 0.0479. The molecule has 0 atom stereocenters. The Bertz CT molecular complexity index is 313. The summed E-state index contributed by atoms with van der Waals surface area (Å²) in [7, 11) is 0. The molecule has 21 heavy (non-hydrogen) atoms. The molecule has 1 rings (SSSR count). The second-order valence-electron chi connectivity index (χ2n) is 5.36. The maximum Gasteiger partial charge on any atom is 0.223 e. The Kier molecular flexibility index (Phi) is 9.01. The van der Waals surface area contributed by atoms with Crippen molar-refractivity contribution in [2.24, 2.45) is 0 Å². The Morgan fingerprint density at radius 1 is 1.14 bits per heavy atom. The molecule has 6 heteroatoms. The molecule has 2 N–H and O–H groups in total. The van der Waals surface area contributed by atoms with Gasteiger partial charge in [0.2, 0.25) is 11.8 Å². The van der Waals surface area contributed by atoms with E-state index in [0.717, 1.165) is 39.1 Å². The molecule has 1 aliphatic rings. The molecule has 0 unspecified atom stereocenters. The molecule has 0 aliphatic carbocycles. The zero-order valence-electron chi connectivity index (χ0n) is 13.5. The summed E-state index contributed by atoms with van der Waals surface area (Å²) in [5, 5.41) is 6.22. The van der Waals surface area contributed by atoms with E-state index in [4.69, 9.17) is 0 Å². The Hall–Kier alpha value is -1.14. The molecule has 122 valence electrons. The van der Waals surface area contributed by atoms with Gasteiger partial charge in [0.15, 0.2) is 0 Å². The second-order valence-corrected chi connectivity index (χ2v) is 5.36. The number of carbonyl (C=O) groups is 2. The first kappa shape index (κ1) is 17.9. The van der Waals surface area contributed by atoms with Crippen LogP contribution in [0.3, 0.4) is 0 Å². The number of amides is 2. The third kappa shape index (κ3) is 7.43. The maximum atomic E-state index is 11.8. The van der Waals surface area contributed by atoms with Crippen molar-refractivity contribution in [1.29, 1.82) is 0 Å². The number of rotatable bonds is 9. The first-order chi connectivity index (χ1) is 10.2. The average molecular weight is 298 g/mol. The Labute approximate surface area is 128 Å². The largest absolute Gasteiger partial charge is 0.356 e.